The minimum Gasteiger partial charge on any atom is -0.497 e. The van der Waals surface area contributed by atoms with Crippen molar-refractivity contribution in [2.75, 3.05) is 20.8 Å². The molecule has 3 aromatic rings. The van der Waals surface area contributed by atoms with Crippen LogP contribution in [0.3, 0.4) is 0 Å². The van der Waals surface area contributed by atoms with Gasteiger partial charge < -0.3 is 23.5 Å². The summed E-state index contributed by atoms with van der Waals surface area (Å²) in [5.74, 6) is 2.45. The summed E-state index contributed by atoms with van der Waals surface area (Å²) in [6, 6.07) is 14.5. The number of rotatable bonds is 10. The van der Waals surface area contributed by atoms with Gasteiger partial charge in [-0.2, -0.15) is 4.98 Å². The van der Waals surface area contributed by atoms with Crippen molar-refractivity contribution in [2.24, 2.45) is 0 Å². The van der Waals surface area contributed by atoms with Crippen molar-refractivity contribution >= 4 is 5.97 Å². The zero-order chi connectivity index (χ0) is 20.5. The molecule has 0 saturated heterocycles. The van der Waals surface area contributed by atoms with Gasteiger partial charge in [-0.3, -0.25) is 4.79 Å². The molecule has 0 amide bonds. The molecule has 0 spiro atoms. The van der Waals surface area contributed by atoms with Gasteiger partial charge in [0.2, 0.25) is 5.82 Å². The van der Waals surface area contributed by atoms with E-state index < -0.39 is 0 Å². The average Bonchev–Trinajstić information content (AvgIpc) is 3.25. The van der Waals surface area contributed by atoms with E-state index in [2.05, 4.69) is 10.1 Å². The summed E-state index contributed by atoms with van der Waals surface area (Å²) < 4.78 is 26.1. The van der Waals surface area contributed by atoms with Crippen molar-refractivity contribution in [2.45, 2.75) is 19.4 Å². The van der Waals surface area contributed by atoms with Crippen LogP contribution in [0.5, 0.6) is 17.2 Å². The van der Waals surface area contributed by atoms with E-state index in [1.165, 1.54) is 0 Å². The number of carbonyl (C=O) groups is 1. The molecule has 152 valence electrons. The smallest absolute Gasteiger partial charge is 0.306 e. The predicted molar refractivity (Wildman–Crippen MR) is 104 cm³/mol. The highest BCUT2D eigenvalue weighted by molar-refractivity contribution is 5.69. The van der Waals surface area contributed by atoms with E-state index in [1.54, 1.807) is 20.3 Å². The molecule has 0 atom stereocenters. The lowest BCUT2D eigenvalue weighted by molar-refractivity contribution is -0.146. The van der Waals surface area contributed by atoms with E-state index in [0.29, 0.717) is 24.6 Å². The minimum absolute atomic E-state index is 0.0743. The van der Waals surface area contributed by atoms with Gasteiger partial charge in [0.1, 0.15) is 17.2 Å². The van der Waals surface area contributed by atoms with Crippen LogP contribution in [0.15, 0.2) is 53.1 Å². The molecule has 0 saturated carbocycles. The van der Waals surface area contributed by atoms with Crippen LogP contribution in [0, 0.1) is 0 Å². The fourth-order valence-electron chi connectivity index (χ4n) is 2.49. The zero-order valence-electron chi connectivity index (χ0n) is 16.3. The monoisotopic (exact) mass is 398 g/mol. The third-order valence-electron chi connectivity index (χ3n) is 4.01. The van der Waals surface area contributed by atoms with E-state index >= 15 is 0 Å². The molecule has 0 fully saturated rings. The Balaban J connectivity index is 1.38. The number of methoxy groups -OCH3 is 2. The molecule has 8 nitrogen and oxygen atoms in total. The molecule has 2 aromatic carbocycles. The second kappa shape index (κ2) is 10.1. The first-order chi connectivity index (χ1) is 14.2. The van der Waals surface area contributed by atoms with Gasteiger partial charge in [0, 0.05) is 12.0 Å². The normalized spacial score (nSPS) is 10.4. The summed E-state index contributed by atoms with van der Waals surface area (Å²) in [5, 5.41) is 3.90. The molecule has 3 rings (SSSR count). The first-order valence-corrected chi connectivity index (χ1v) is 9.07. The van der Waals surface area contributed by atoms with Crippen LogP contribution in [0.25, 0.3) is 11.4 Å². The van der Waals surface area contributed by atoms with Crippen LogP contribution in [0.1, 0.15) is 18.7 Å². The second-order valence-corrected chi connectivity index (χ2v) is 6.03. The van der Waals surface area contributed by atoms with Crippen LogP contribution < -0.4 is 14.2 Å². The largest absolute Gasteiger partial charge is 0.497 e. The number of hydrogen-bond donors (Lipinski definition) is 0. The predicted octanol–water partition coefficient (Wildman–Crippen LogP) is 3.66. The Morgan fingerprint density at radius 2 is 1.76 bits per heavy atom. The van der Waals surface area contributed by atoms with E-state index in [-0.39, 0.29) is 24.9 Å². The number of carbonyl (C=O) groups excluding carboxylic acids is 1. The zero-order valence-corrected chi connectivity index (χ0v) is 16.3. The Labute approximate surface area is 168 Å². The first-order valence-electron chi connectivity index (χ1n) is 9.07. The Bertz CT molecular complexity index is 923. The summed E-state index contributed by atoms with van der Waals surface area (Å²) in [5.41, 5.74) is 0.751. The van der Waals surface area contributed by atoms with Gasteiger partial charge in [-0.1, -0.05) is 17.3 Å². The molecule has 29 heavy (non-hydrogen) atoms. The van der Waals surface area contributed by atoms with Crippen molar-refractivity contribution < 1.29 is 28.3 Å². The van der Waals surface area contributed by atoms with Gasteiger partial charge in [0.15, 0.2) is 6.61 Å². The fraction of sp³-hybridized carbons (Fsp3) is 0.286. The van der Waals surface area contributed by atoms with E-state index in [9.17, 15) is 4.79 Å². The van der Waals surface area contributed by atoms with Crippen molar-refractivity contribution in [3.05, 3.63) is 54.4 Å². The number of aromatic nitrogens is 2. The Hall–Kier alpha value is -3.55. The maximum Gasteiger partial charge on any atom is 0.306 e. The van der Waals surface area contributed by atoms with Crippen LogP contribution in [-0.2, 0) is 16.1 Å². The van der Waals surface area contributed by atoms with Crippen molar-refractivity contribution in [3.8, 4) is 28.6 Å². The topological polar surface area (TPSA) is 92.9 Å². The highest BCUT2D eigenvalue weighted by atomic mass is 16.6. The number of ether oxygens (including phenoxy) is 4. The lowest BCUT2D eigenvalue weighted by Crippen LogP contribution is -2.07. The van der Waals surface area contributed by atoms with Crippen molar-refractivity contribution in [1.29, 1.82) is 0 Å². The van der Waals surface area contributed by atoms with E-state index in [0.717, 1.165) is 17.1 Å². The standard InChI is InChI=1S/C21H22N2O6/c1-25-16-8-10-17(11-9-16)27-12-4-7-20(24)28-14-19-22-21(23-29-19)15-5-3-6-18(13-15)26-2/h3,5-6,8-11,13H,4,7,12,14H2,1-2H3. The molecule has 0 radical (unpaired) electrons. The number of nitrogens with zero attached hydrogens (tertiary/aromatic N) is 2. The van der Waals surface area contributed by atoms with Gasteiger partial charge >= 0.3 is 5.97 Å². The molecule has 0 aliphatic carbocycles. The quantitative estimate of drug-likeness (QED) is 0.377. The van der Waals surface area contributed by atoms with Gasteiger partial charge in [-0.05, 0) is 42.8 Å². The molecule has 1 heterocycles. The number of benzene rings is 2. The summed E-state index contributed by atoms with van der Waals surface area (Å²) in [7, 11) is 3.19. The fourth-order valence-corrected chi connectivity index (χ4v) is 2.49. The van der Waals surface area contributed by atoms with Gasteiger partial charge in [0.05, 0.1) is 20.8 Å². The summed E-state index contributed by atoms with van der Waals surface area (Å²) >= 11 is 0. The highest BCUT2D eigenvalue weighted by Gasteiger charge is 2.12. The summed E-state index contributed by atoms with van der Waals surface area (Å²) in [6.45, 7) is 0.330. The average molecular weight is 398 g/mol. The first kappa shape index (κ1) is 20.2. The van der Waals surface area contributed by atoms with Gasteiger partial charge in [0.25, 0.3) is 5.89 Å². The molecule has 8 heteroatoms. The van der Waals surface area contributed by atoms with E-state index in [1.807, 2.05) is 42.5 Å². The molecule has 0 unspecified atom stereocenters. The summed E-state index contributed by atoms with van der Waals surface area (Å²) in [6.07, 6.45) is 0.761. The van der Waals surface area contributed by atoms with Gasteiger partial charge in [-0.25, -0.2) is 0 Å². The molecule has 1 aromatic heterocycles. The SMILES string of the molecule is COc1ccc(OCCCC(=O)OCc2nc(-c3cccc(OC)c3)no2)cc1. The molecule has 0 aliphatic heterocycles. The van der Waals surface area contributed by atoms with Crippen LogP contribution in [0.2, 0.25) is 0 Å². The highest BCUT2D eigenvalue weighted by Crippen LogP contribution is 2.21. The molecular formula is C21H22N2O6. The lowest BCUT2D eigenvalue weighted by Gasteiger charge is -2.06. The second-order valence-electron chi connectivity index (χ2n) is 6.03. The molecule has 0 N–H and O–H groups in total. The molecule has 0 aliphatic rings. The van der Waals surface area contributed by atoms with E-state index in [4.69, 9.17) is 23.5 Å². The minimum atomic E-state index is -0.357. The number of hydrogen-bond acceptors (Lipinski definition) is 8. The molecular weight excluding hydrogens is 376 g/mol. The Kier molecular flexibility index (Phi) is 7.05. The van der Waals surface area contributed by atoms with Crippen LogP contribution in [-0.4, -0.2) is 36.9 Å². The van der Waals surface area contributed by atoms with Crippen LogP contribution >= 0.6 is 0 Å². The maximum absolute atomic E-state index is 11.9. The van der Waals surface area contributed by atoms with Crippen molar-refractivity contribution in [3.63, 3.8) is 0 Å². The Morgan fingerprint density at radius 3 is 2.52 bits per heavy atom. The summed E-state index contributed by atoms with van der Waals surface area (Å²) in [4.78, 5) is 16.1. The van der Waals surface area contributed by atoms with Crippen LogP contribution in [0.4, 0.5) is 0 Å². The Morgan fingerprint density at radius 1 is 1.00 bits per heavy atom. The maximum atomic E-state index is 11.9. The van der Waals surface area contributed by atoms with Gasteiger partial charge in [-0.15, -0.1) is 0 Å². The lowest BCUT2D eigenvalue weighted by atomic mass is 10.2. The van der Waals surface area contributed by atoms with Crippen molar-refractivity contribution in [1.82, 2.24) is 10.1 Å². The third-order valence-corrected chi connectivity index (χ3v) is 4.01. The number of esters is 1. The third kappa shape index (κ3) is 5.97. The molecule has 0 bridgehead atoms.